The maximum Gasteiger partial charge on any atom is 0.325 e. The van der Waals surface area contributed by atoms with E-state index in [4.69, 9.17) is 4.74 Å². The van der Waals surface area contributed by atoms with Gasteiger partial charge in [-0.3, -0.25) is 10.1 Å². The van der Waals surface area contributed by atoms with Gasteiger partial charge in [-0.25, -0.2) is 4.98 Å². The summed E-state index contributed by atoms with van der Waals surface area (Å²) in [5.41, 5.74) is 0.255. The summed E-state index contributed by atoms with van der Waals surface area (Å²) < 4.78 is 4.74. The van der Waals surface area contributed by atoms with E-state index in [2.05, 4.69) is 10.3 Å². The van der Waals surface area contributed by atoms with Crippen LogP contribution in [0.2, 0.25) is 0 Å². The molecule has 1 rings (SSSR count). The zero-order valence-electron chi connectivity index (χ0n) is 10.3. The molecule has 1 N–H and O–H groups in total. The van der Waals surface area contributed by atoms with Crippen molar-refractivity contribution in [2.75, 3.05) is 7.11 Å². The number of carbonyl (C=O) groups is 1. The second-order valence-electron chi connectivity index (χ2n) is 4.27. The molecular weight excluding hydrogens is 224 g/mol. The number of aromatic nitrogens is 1. The molecule has 90 valence electrons. The molecule has 4 nitrogen and oxygen atoms in total. The van der Waals surface area contributed by atoms with Crippen molar-refractivity contribution in [1.82, 2.24) is 10.3 Å². The van der Waals surface area contributed by atoms with Crippen molar-refractivity contribution in [3.05, 3.63) is 16.1 Å². The Morgan fingerprint density at radius 2 is 2.25 bits per heavy atom. The molecule has 0 saturated carbocycles. The number of thiazole rings is 1. The summed E-state index contributed by atoms with van der Waals surface area (Å²) in [6.45, 7) is 7.55. The Labute approximate surface area is 100 Å². The van der Waals surface area contributed by atoms with Crippen molar-refractivity contribution in [2.24, 2.45) is 0 Å². The standard InChI is InChI=1S/C11H18N2O2S/c1-7(9-6-16-8(2)12-9)13-11(3,4)10(14)15-5/h6-7,13H,1-5H3. The summed E-state index contributed by atoms with van der Waals surface area (Å²) in [7, 11) is 1.39. The number of aryl methyl sites for hydroxylation is 1. The lowest BCUT2D eigenvalue weighted by Gasteiger charge is -2.26. The zero-order valence-corrected chi connectivity index (χ0v) is 11.1. The van der Waals surface area contributed by atoms with Crippen LogP contribution in [0.25, 0.3) is 0 Å². The Balaban J connectivity index is 2.70. The van der Waals surface area contributed by atoms with Crippen molar-refractivity contribution in [1.29, 1.82) is 0 Å². The van der Waals surface area contributed by atoms with Crippen molar-refractivity contribution in [2.45, 2.75) is 39.3 Å². The number of carbonyl (C=O) groups excluding carboxylic acids is 1. The van der Waals surface area contributed by atoms with E-state index >= 15 is 0 Å². The number of nitrogens with one attached hydrogen (secondary N) is 1. The van der Waals surface area contributed by atoms with Crippen LogP contribution < -0.4 is 5.32 Å². The first-order chi connectivity index (χ1) is 7.36. The van der Waals surface area contributed by atoms with E-state index < -0.39 is 5.54 Å². The molecule has 0 bridgehead atoms. The van der Waals surface area contributed by atoms with Gasteiger partial charge in [0.2, 0.25) is 0 Å². The molecule has 5 heteroatoms. The number of hydrogen-bond acceptors (Lipinski definition) is 5. The minimum atomic E-state index is -0.703. The number of hydrogen-bond donors (Lipinski definition) is 1. The quantitative estimate of drug-likeness (QED) is 0.821. The normalized spacial score (nSPS) is 13.6. The third kappa shape index (κ3) is 3.02. The molecule has 0 aliphatic heterocycles. The molecule has 1 aromatic rings. The Morgan fingerprint density at radius 3 is 2.69 bits per heavy atom. The molecule has 1 aromatic heterocycles. The predicted octanol–water partition coefficient (Wildman–Crippen LogP) is 2.05. The third-order valence-electron chi connectivity index (χ3n) is 2.35. The van der Waals surface area contributed by atoms with Crippen LogP contribution in [0.15, 0.2) is 5.38 Å². The van der Waals surface area contributed by atoms with E-state index in [1.54, 1.807) is 25.2 Å². The molecule has 0 radical (unpaired) electrons. The van der Waals surface area contributed by atoms with Crippen molar-refractivity contribution >= 4 is 17.3 Å². The van der Waals surface area contributed by atoms with Gasteiger partial charge in [-0.1, -0.05) is 0 Å². The molecule has 1 heterocycles. The Hall–Kier alpha value is -0.940. The molecule has 0 amide bonds. The molecular formula is C11H18N2O2S. The first-order valence-corrected chi connectivity index (χ1v) is 6.03. The van der Waals surface area contributed by atoms with Gasteiger partial charge in [0.25, 0.3) is 0 Å². The van der Waals surface area contributed by atoms with E-state index in [1.807, 2.05) is 19.2 Å². The highest BCUT2D eigenvalue weighted by Crippen LogP contribution is 2.19. The second kappa shape index (κ2) is 4.93. The number of rotatable bonds is 4. The molecule has 1 unspecified atom stereocenters. The topological polar surface area (TPSA) is 51.2 Å². The van der Waals surface area contributed by atoms with Crippen molar-refractivity contribution < 1.29 is 9.53 Å². The van der Waals surface area contributed by atoms with E-state index in [0.29, 0.717) is 0 Å². The fraction of sp³-hybridized carbons (Fsp3) is 0.636. The number of methoxy groups -OCH3 is 1. The Kier molecular flexibility index (Phi) is 4.04. The lowest BCUT2D eigenvalue weighted by molar-refractivity contribution is -0.147. The van der Waals surface area contributed by atoms with E-state index in [9.17, 15) is 4.79 Å². The van der Waals surface area contributed by atoms with Gasteiger partial charge in [0.05, 0.1) is 17.8 Å². The minimum Gasteiger partial charge on any atom is -0.468 e. The largest absolute Gasteiger partial charge is 0.468 e. The van der Waals surface area contributed by atoms with Crippen LogP contribution in [-0.4, -0.2) is 23.6 Å². The Bertz CT molecular complexity index is 374. The third-order valence-corrected chi connectivity index (χ3v) is 3.15. The summed E-state index contributed by atoms with van der Waals surface area (Å²) in [6.07, 6.45) is 0. The average Bonchev–Trinajstić information content (AvgIpc) is 2.63. The lowest BCUT2D eigenvalue weighted by Crippen LogP contribution is -2.48. The van der Waals surface area contributed by atoms with E-state index in [-0.39, 0.29) is 12.0 Å². The number of ether oxygens (including phenoxy) is 1. The average molecular weight is 242 g/mol. The SMILES string of the molecule is COC(=O)C(C)(C)NC(C)c1csc(C)n1. The van der Waals surface area contributed by atoms with Gasteiger partial charge in [-0.2, -0.15) is 0 Å². The van der Waals surface area contributed by atoms with Crippen LogP contribution >= 0.6 is 11.3 Å². The molecule has 0 spiro atoms. The zero-order chi connectivity index (χ0) is 12.3. The highest BCUT2D eigenvalue weighted by molar-refractivity contribution is 7.09. The summed E-state index contributed by atoms with van der Waals surface area (Å²) in [4.78, 5) is 15.9. The maximum absolute atomic E-state index is 11.5. The van der Waals surface area contributed by atoms with Crippen LogP contribution in [-0.2, 0) is 9.53 Å². The van der Waals surface area contributed by atoms with Crippen molar-refractivity contribution in [3.8, 4) is 0 Å². The van der Waals surface area contributed by atoms with Gasteiger partial charge in [0.15, 0.2) is 0 Å². The van der Waals surface area contributed by atoms with Gasteiger partial charge in [-0.05, 0) is 27.7 Å². The van der Waals surface area contributed by atoms with Crippen LogP contribution in [0.3, 0.4) is 0 Å². The molecule has 0 fully saturated rings. The van der Waals surface area contributed by atoms with Gasteiger partial charge in [0, 0.05) is 11.4 Å². The van der Waals surface area contributed by atoms with Gasteiger partial charge < -0.3 is 4.74 Å². The fourth-order valence-electron chi connectivity index (χ4n) is 1.51. The predicted molar refractivity (Wildman–Crippen MR) is 64.5 cm³/mol. The van der Waals surface area contributed by atoms with E-state index in [0.717, 1.165) is 10.7 Å². The minimum absolute atomic E-state index is 0.0269. The summed E-state index contributed by atoms with van der Waals surface area (Å²) >= 11 is 1.61. The Morgan fingerprint density at radius 1 is 1.62 bits per heavy atom. The monoisotopic (exact) mass is 242 g/mol. The first kappa shape index (κ1) is 13.1. The maximum atomic E-state index is 11.5. The van der Waals surface area contributed by atoms with Crippen LogP contribution in [0.1, 0.15) is 37.5 Å². The smallest absolute Gasteiger partial charge is 0.325 e. The van der Waals surface area contributed by atoms with Crippen LogP contribution in [0, 0.1) is 6.92 Å². The summed E-state index contributed by atoms with van der Waals surface area (Å²) in [5.74, 6) is -0.272. The second-order valence-corrected chi connectivity index (χ2v) is 5.34. The highest BCUT2D eigenvalue weighted by Gasteiger charge is 2.30. The molecule has 1 atom stereocenters. The van der Waals surface area contributed by atoms with Gasteiger partial charge in [0.1, 0.15) is 5.54 Å². The summed E-state index contributed by atoms with van der Waals surface area (Å²) in [6, 6.07) is 0.0269. The van der Waals surface area contributed by atoms with Crippen molar-refractivity contribution in [3.63, 3.8) is 0 Å². The van der Waals surface area contributed by atoms with Crippen LogP contribution in [0.5, 0.6) is 0 Å². The van der Waals surface area contributed by atoms with Gasteiger partial charge >= 0.3 is 5.97 Å². The highest BCUT2D eigenvalue weighted by atomic mass is 32.1. The van der Waals surface area contributed by atoms with Gasteiger partial charge in [-0.15, -0.1) is 11.3 Å². The fourth-order valence-corrected chi connectivity index (χ4v) is 2.21. The number of nitrogens with zero attached hydrogens (tertiary/aromatic N) is 1. The molecule has 0 aliphatic carbocycles. The number of esters is 1. The van der Waals surface area contributed by atoms with E-state index in [1.165, 1.54) is 7.11 Å². The molecule has 16 heavy (non-hydrogen) atoms. The lowest BCUT2D eigenvalue weighted by atomic mass is 10.0. The first-order valence-electron chi connectivity index (χ1n) is 5.15. The molecule has 0 aromatic carbocycles. The van der Waals surface area contributed by atoms with Crippen LogP contribution in [0.4, 0.5) is 0 Å². The molecule has 0 aliphatic rings. The summed E-state index contributed by atoms with van der Waals surface area (Å²) in [5, 5.41) is 6.23. The molecule has 0 saturated heterocycles.